The first-order chi connectivity index (χ1) is 8.65. The monoisotopic (exact) mass is 374 g/mol. The van der Waals surface area contributed by atoms with E-state index in [9.17, 15) is 4.39 Å². The van der Waals surface area contributed by atoms with Crippen LogP contribution in [0.15, 0.2) is 24.7 Å². The Morgan fingerprint density at radius 2 is 2.11 bits per heavy atom. The zero-order chi connectivity index (χ0) is 12.7. The van der Waals surface area contributed by atoms with Crippen LogP contribution < -0.4 is 0 Å². The molecule has 0 aliphatic carbocycles. The highest BCUT2D eigenvalue weighted by molar-refractivity contribution is 14.1. The molecule has 0 fully saturated rings. The normalized spacial score (nSPS) is 11.1. The first kappa shape index (κ1) is 11.8. The Balaban J connectivity index is 2.24. The third-order valence-corrected chi connectivity index (χ3v) is 3.40. The molecule has 3 rings (SSSR count). The minimum Gasteiger partial charge on any atom is -0.345 e. The van der Waals surface area contributed by atoms with E-state index in [4.69, 9.17) is 11.6 Å². The predicted molar refractivity (Wildman–Crippen MR) is 74.8 cm³/mol. The van der Waals surface area contributed by atoms with Crippen molar-refractivity contribution in [3.8, 4) is 11.4 Å². The lowest BCUT2D eigenvalue weighted by atomic mass is 10.2. The number of rotatable bonds is 1. The molecule has 0 unspecified atom stereocenters. The second-order valence-corrected chi connectivity index (χ2v) is 5.04. The fourth-order valence-corrected chi connectivity index (χ4v) is 2.16. The Labute approximate surface area is 120 Å². The van der Waals surface area contributed by atoms with Crippen LogP contribution in [0.5, 0.6) is 0 Å². The zero-order valence-electron chi connectivity index (χ0n) is 8.78. The average Bonchev–Trinajstić information content (AvgIpc) is 2.75. The van der Waals surface area contributed by atoms with Gasteiger partial charge >= 0.3 is 0 Å². The Hall–Kier alpha value is -1.28. The van der Waals surface area contributed by atoms with Gasteiger partial charge in [0, 0.05) is 23.3 Å². The summed E-state index contributed by atoms with van der Waals surface area (Å²) in [5.74, 6) is 0.00599. The molecule has 90 valence electrons. The SMILES string of the molecule is Fc1cnc(-c2c[nH]c3ncc(Cl)cc23)nc1I. The molecule has 0 aromatic carbocycles. The third kappa shape index (κ3) is 1.95. The molecule has 3 heterocycles. The average molecular weight is 375 g/mol. The fraction of sp³-hybridized carbons (Fsp3) is 0. The summed E-state index contributed by atoms with van der Waals surface area (Å²) in [7, 11) is 0. The van der Waals surface area contributed by atoms with Crippen molar-refractivity contribution in [1.82, 2.24) is 19.9 Å². The molecule has 4 nitrogen and oxygen atoms in total. The molecule has 3 aromatic heterocycles. The quantitative estimate of drug-likeness (QED) is 0.524. The summed E-state index contributed by atoms with van der Waals surface area (Å²) >= 11 is 7.74. The summed E-state index contributed by atoms with van der Waals surface area (Å²) in [4.78, 5) is 15.2. The minimum atomic E-state index is -0.435. The maximum absolute atomic E-state index is 13.1. The van der Waals surface area contributed by atoms with Gasteiger partial charge in [0.15, 0.2) is 11.6 Å². The van der Waals surface area contributed by atoms with Crippen molar-refractivity contribution in [3.63, 3.8) is 0 Å². The van der Waals surface area contributed by atoms with Crippen molar-refractivity contribution >= 4 is 45.2 Å². The summed E-state index contributed by atoms with van der Waals surface area (Å²) < 4.78 is 13.4. The van der Waals surface area contributed by atoms with Gasteiger partial charge in [0.25, 0.3) is 0 Å². The van der Waals surface area contributed by atoms with Crippen molar-refractivity contribution in [2.45, 2.75) is 0 Å². The molecule has 0 bridgehead atoms. The number of nitrogens with zero attached hydrogens (tertiary/aromatic N) is 3. The fourth-order valence-electron chi connectivity index (χ4n) is 1.64. The topological polar surface area (TPSA) is 54.5 Å². The molecule has 3 aromatic rings. The molecule has 18 heavy (non-hydrogen) atoms. The first-order valence-electron chi connectivity index (χ1n) is 4.96. The number of halogens is 3. The molecule has 0 spiro atoms. The molecule has 7 heteroatoms. The third-order valence-electron chi connectivity index (χ3n) is 2.44. The summed E-state index contributed by atoms with van der Waals surface area (Å²) in [5, 5.41) is 1.34. The van der Waals surface area contributed by atoms with Gasteiger partial charge in [-0.3, -0.25) is 0 Å². The van der Waals surface area contributed by atoms with E-state index in [-0.39, 0.29) is 3.70 Å². The van der Waals surface area contributed by atoms with Gasteiger partial charge in [0.05, 0.1) is 11.2 Å². The van der Waals surface area contributed by atoms with Gasteiger partial charge < -0.3 is 4.98 Å². The summed E-state index contributed by atoms with van der Waals surface area (Å²) in [5.41, 5.74) is 1.44. The molecule has 0 atom stereocenters. The Kier molecular flexibility index (Phi) is 2.90. The van der Waals surface area contributed by atoms with Crippen LogP contribution in [0, 0.1) is 9.52 Å². The van der Waals surface area contributed by atoms with Crippen LogP contribution in [0.4, 0.5) is 4.39 Å². The first-order valence-corrected chi connectivity index (χ1v) is 6.42. The van der Waals surface area contributed by atoms with E-state index >= 15 is 0 Å². The number of fused-ring (bicyclic) bond motifs is 1. The molecule has 0 aliphatic rings. The summed E-state index contributed by atoms with van der Waals surface area (Å²) in [6, 6.07) is 1.77. The zero-order valence-corrected chi connectivity index (χ0v) is 11.7. The smallest absolute Gasteiger partial charge is 0.173 e. The van der Waals surface area contributed by atoms with Gasteiger partial charge in [-0.2, -0.15) is 0 Å². The molecular formula is C11H5ClFIN4. The lowest BCUT2D eigenvalue weighted by Crippen LogP contribution is -1.94. The van der Waals surface area contributed by atoms with Crippen molar-refractivity contribution in [2.75, 3.05) is 0 Å². The molecule has 0 aliphatic heterocycles. The number of pyridine rings is 1. The molecular weight excluding hydrogens is 370 g/mol. The van der Waals surface area contributed by atoms with Crippen LogP contribution in [0.25, 0.3) is 22.4 Å². The van der Waals surface area contributed by atoms with Gasteiger partial charge in [0.1, 0.15) is 9.35 Å². The maximum Gasteiger partial charge on any atom is 0.173 e. The van der Waals surface area contributed by atoms with Crippen LogP contribution in [-0.4, -0.2) is 19.9 Å². The molecule has 0 radical (unpaired) electrons. The summed E-state index contributed by atoms with van der Waals surface area (Å²) in [6.07, 6.45) is 4.44. The van der Waals surface area contributed by atoms with E-state index < -0.39 is 5.82 Å². The molecule has 0 amide bonds. The van der Waals surface area contributed by atoms with Crippen molar-refractivity contribution in [1.29, 1.82) is 0 Å². The number of H-pyrrole nitrogens is 1. The van der Waals surface area contributed by atoms with Gasteiger partial charge in [-0.25, -0.2) is 19.3 Å². The Bertz CT molecular complexity index is 743. The van der Waals surface area contributed by atoms with Crippen molar-refractivity contribution in [2.24, 2.45) is 0 Å². The van der Waals surface area contributed by atoms with Gasteiger partial charge in [-0.15, -0.1) is 0 Å². The Morgan fingerprint density at radius 1 is 1.28 bits per heavy atom. The number of aromatic amines is 1. The number of nitrogens with one attached hydrogen (secondary N) is 1. The van der Waals surface area contributed by atoms with E-state index in [0.29, 0.717) is 16.5 Å². The number of hydrogen-bond donors (Lipinski definition) is 1. The lowest BCUT2D eigenvalue weighted by molar-refractivity contribution is 0.604. The summed E-state index contributed by atoms with van der Waals surface area (Å²) in [6.45, 7) is 0. The van der Waals surface area contributed by atoms with E-state index in [1.54, 1.807) is 18.5 Å². The van der Waals surface area contributed by atoms with Crippen LogP contribution in [0.1, 0.15) is 0 Å². The lowest BCUT2D eigenvalue weighted by Gasteiger charge is -1.99. The van der Waals surface area contributed by atoms with Gasteiger partial charge in [0.2, 0.25) is 0 Å². The molecule has 1 N–H and O–H groups in total. The van der Waals surface area contributed by atoms with E-state index in [2.05, 4.69) is 19.9 Å². The second kappa shape index (κ2) is 4.43. The van der Waals surface area contributed by atoms with E-state index in [1.165, 1.54) is 0 Å². The number of aromatic nitrogens is 4. The van der Waals surface area contributed by atoms with Crippen molar-refractivity contribution in [3.05, 3.63) is 39.2 Å². The second-order valence-electron chi connectivity index (χ2n) is 3.58. The minimum absolute atomic E-state index is 0.280. The highest BCUT2D eigenvalue weighted by Gasteiger charge is 2.12. The van der Waals surface area contributed by atoms with Crippen LogP contribution in [0.2, 0.25) is 5.02 Å². The van der Waals surface area contributed by atoms with E-state index in [0.717, 1.165) is 17.1 Å². The van der Waals surface area contributed by atoms with Crippen LogP contribution in [0.3, 0.4) is 0 Å². The van der Waals surface area contributed by atoms with Crippen LogP contribution in [-0.2, 0) is 0 Å². The van der Waals surface area contributed by atoms with Crippen molar-refractivity contribution < 1.29 is 4.39 Å². The predicted octanol–water partition coefficient (Wildman–Crippen LogP) is 3.42. The van der Waals surface area contributed by atoms with E-state index in [1.807, 2.05) is 22.6 Å². The van der Waals surface area contributed by atoms with Gasteiger partial charge in [-0.1, -0.05) is 11.6 Å². The largest absolute Gasteiger partial charge is 0.345 e. The van der Waals surface area contributed by atoms with Crippen LogP contribution >= 0.6 is 34.2 Å². The standard InChI is InChI=1S/C11H5ClFIN4/c12-5-1-6-7(3-16-10(6)15-2-5)11-17-4-8(13)9(14)18-11/h1-4H,(H,15,16). The highest BCUT2D eigenvalue weighted by Crippen LogP contribution is 2.27. The Morgan fingerprint density at radius 3 is 2.89 bits per heavy atom. The molecule has 0 saturated carbocycles. The maximum atomic E-state index is 13.1. The van der Waals surface area contributed by atoms with Gasteiger partial charge in [-0.05, 0) is 28.7 Å². The number of hydrogen-bond acceptors (Lipinski definition) is 3. The highest BCUT2D eigenvalue weighted by atomic mass is 127. The molecule has 0 saturated heterocycles.